The summed E-state index contributed by atoms with van der Waals surface area (Å²) in [7, 11) is 1.42. The molecule has 1 fully saturated rings. The Hall–Kier alpha value is -3.92. The molecule has 0 bridgehead atoms. The molecule has 0 saturated carbocycles. The monoisotopic (exact) mass is 466 g/mol. The fourth-order valence-corrected chi connectivity index (χ4v) is 4.09. The molecule has 1 aromatic heterocycles. The number of carbonyl (C=O) groups is 2. The summed E-state index contributed by atoms with van der Waals surface area (Å²) < 4.78 is 20.3. The van der Waals surface area contributed by atoms with Crippen LogP contribution in [-0.2, 0) is 13.1 Å². The third-order valence-corrected chi connectivity index (χ3v) is 5.92. The number of nitrogens with two attached hydrogens (primary N) is 2. The first kappa shape index (κ1) is 23.2. The van der Waals surface area contributed by atoms with Gasteiger partial charge in [0.1, 0.15) is 28.6 Å². The molecule has 4 rings (SSSR count). The fraction of sp³-hybridized carbons (Fsp3) is 0.292. The standard InChI is InChI=1S/C24H27FN6O3/c1-34-19-7-6-17(25)10-18(19)24(33)29-12-14-2-4-16(5-3-14)21-20(23(27)32)22(26)31(30-21)13-15-8-9-28-11-15/h2-7,10,15,28H,8-9,11-13,26H2,1H3,(H2,27,32)(H,29,33)/t15-/m1/s1. The van der Waals surface area contributed by atoms with E-state index >= 15 is 0 Å². The second-order valence-electron chi connectivity index (χ2n) is 8.24. The summed E-state index contributed by atoms with van der Waals surface area (Å²) in [6.45, 7) is 2.65. The summed E-state index contributed by atoms with van der Waals surface area (Å²) in [5.41, 5.74) is 14.1. The highest BCUT2D eigenvalue weighted by Gasteiger charge is 2.24. The Morgan fingerprint density at radius 2 is 2.03 bits per heavy atom. The number of carbonyl (C=O) groups excluding carboxylic acids is 2. The van der Waals surface area contributed by atoms with E-state index in [2.05, 4.69) is 15.7 Å². The Kier molecular flexibility index (Phi) is 6.78. The summed E-state index contributed by atoms with van der Waals surface area (Å²) in [6.07, 6.45) is 1.02. The molecule has 178 valence electrons. The van der Waals surface area contributed by atoms with Crippen LogP contribution in [0.1, 0.15) is 32.7 Å². The van der Waals surface area contributed by atoms with E-state index in [0.29, 0.717) is 23.7 Å². The Bertz CT molecular complexity index is 1200. The topological polar surface area (TPSA) is 137 Å². The van der Waals surface area contributed by atoms with E-state index < -0.39 is 17.6 Å². The lowest BCUT2D eigenvalue weighted by Gasteiger charge is -2.10. The van der Waals surface area contributed by atoms with Crippen molar-refractivity contribution >= 4 is 17.6 Å². The maximum Gasteiger partial charge on any atom is 0.255 e. The predicted octanol–water partition coefficient (Wildman–Crippen LogP) is 1.92. The van der Waals surface area contributed by atoms with Crippen LogP contribution in [0.15, 0.2) is 42.5 Å². The normalized spacial score (nSPS) is 15.3. The molecule has 0 aliphatic carbocycles. The molecule has 1 aliphatic heterocycles. The smallest absolute Gasteiger partial charge is 0.255 e. The van der Waals surface area contributed by atoms with Gasteiger partial charge in [-0.1, -0.05) is 24.3 Å². The molecule has 34 heavy (non-hydrogen) atoms. The Morgan fingerprint density at radius 3 is 2.68 bits per heavy atom. The summed E-state index contributed by atoms with van der Waals surface area (Å²) in [6, 6.07) is 11.0. The SMILES string of the molecule is COc1ccc(F)cc1C(=O)NCc1ccc(-c2nn(C[C@@H]3CCNC3)c(N)c2C(N)=O)cc1. The van der Waals surface area contributed by atoms with Gasteiger partial charge in [-0.25, -0.2) is 9.07 Å². The molecular weight excluding hydrogens is 439 g/mol. The Morgan fingerprint density at radius 1 is 1.26 bits per heavy atom. The lowest BCUT2D eigenvalue weighted by molar-refractivity contribution is 0.0946. The average Bonchev–Trinajstić information content (AvgIpc) is 3.46. The van der Waals surface area contributed by atoms with Crippen molar-refractivity contribution in [2.75, 3.05) is 25.9 Å². The Balaban J connectivity index is 1.50. The van der Waals surface area contributed by atoms with E-state index in [1.165, 1.54) is 19.2 Å². The van der Waals surface area contributed by atoms with Gasteiger partial charge in [-0.3, -0.25) is 9.59 Å². The first-order valence-corrected chi connectivity index (χ1v) is 10.9. The molecule has 2 aromatic carbocycles. The molecule has 0 spiro atoms. The highest BCUT2D eigenvalue weighted by Crippen LogP contribution is 2.28. The molecule has 1 aliphatic rings. The van der Waals surface area contributed by atoms with Crippen LogP contribution >= 0.6 is 0 Å². The minimum absolute atomic E-state index is 0.115. The number of nitrogens with one attached hydrogen (secondary N) is 2. The zero-order valence-electron chi connectivity index (χ0n) is 18.8. The molecule has 2 amide bonds. The molecule has 10 heteroatoms. The lowest BCUT2D eigenvalue weighted by Crippen LogP contribution is -2.23. The zero-order chi connectivity index (χ0) is 24.2. The van der Waals surface area contributed by atoms with E-state index in [0.717, 1.165) is 31.1 Å². The van der Waals surface area contributed by atoms with Crippen molar-refractivity contribution in [1.29, 1.82) is 0 Å². The number of nitrogen functional groups attached to an aromatic ring is 1. The lowest BCUT2D eigenvalue weighted by atomic mass is 10.0. The molecule has 1 saturated heterocycles. The van der Waals surface area contributed by atoms with Crippen LogP contribution in [0, 0.1) is 11.7 Å². The van der Waals surface area contributed by atoms with Crippen LogP contribution < -0.4 is 26.8 Å². The van der Waals surface area contributed by atoms with E-state index in [4.69, 9.17) is 16.2 Å². The molecule has 2 heterocycles. The molecule has 3 aromatic rings. The molecule has 9 nitrogen and oxygen atoms in total. The molecule has 1 atom stereocenters. The highest BCUT2D eigenvalue weighted by molar-refractivity contribution is 6.03. The number of primary amides is 1. The highest BCUT2D eigenvalue weighted by atomic mass is 19.1. The molecule has 6 N–H and O–H groups in total. The van der Waals surface area contributed by atoms with Crippen molar-refractivity contribution in [3.8, 4) is 17.0 Å². The minimum Gasteiger partial charge on any atom is -0.496 e. The number of halogens is 1. The van der Waals surface area contributed by atoms with Crippen LogP contribution in [0.3, 0.4) is 0 Å². The summed E-state index contributed by atoms with van der Waals surface area (Å²) in [4.78, 5) is 24.6. The average molecular weight is 467 g/mol. The maximum atomic E-state index is 13.6. The summed E-state index contributed by atoms with van der Waals surface area (Å²) in [5.74, 6) is -0.681. The second kappa shape index (κ2) is 9.92. The largest absolute Gasteiger partial charge is 0.496 e. The van der Waals surface area contributed by atoms with Gasteiger partial charge in [0.15, 0.2) is 0 Å². The number of methoxy groups -OCH3 is 1. The first-order chi connectivity index (χ1) is 16.4. The third kappa shape index (κ3) is 4.86. The van der Waals surface area contributed by atoms with Crippen molar-refractivity contribution in [3.05, 3.63) is 65.0 Å². The molecule has 0 unspecified atom stereocenters. The van der Waals surface area contributed by atoms with Crippen LogP contribution in [0.2, 0.25) is 0 Å². The van der Waals surface area contributed by atoms with Gasteiger partial charge in [-0.15, -0.1) is 0 Å². The van der Waals surface area contributed by atoms with E-state index in [-0.39, 0.29) is 29.2 Å². The number of ether oxygens (including phenoxy) is 1. The predicted molar refractivity (Wildman–Crippen MR) is 126 cm³/mol. The van der Waals surface area contributed by atoms with Crippen molar-refractivity contribution in [3.63, 3.8) is 0 Å². The third-order valence-electron chi connectivity index (χ3n) is 5.92. The zero-order valence-corrected chi connectivity index (χ0v) is 18.8. The number of hydrogen-bond acceptors (Lipinski definition) is 6. The maximum absolute atomic E-state index is 13.6. The summed E-state index contributed by atoms with van der Waals surface area (Å²) >= 11 is 0. The van der Waals surface area contributed by atoms with Crippen LogP contribution in [0.4, 0.5) is 10.2 Å². The Labute approximate surface area is 196 Å². The van der Waals surface area contributed by atoms with Gasteiger partial charge in [-0.05, 0) is 49.2 Å². The number of amides is 2. The van der Waals surface area contributed by atoms with Crippen molar-refractivity contribution in [2.24, 2.45) is 11.7 Å². The minimum atomic E-state index is -0.635. The van der Waals surface area contributed by atoms with Crippen molar-refractivity contribution in [2.45, 2.75) is 19.5 Å². The van der Waals surface area contributed by atoms with E-state index in [1.807, 2.05) is 0 Å². The van der Waals surface area contributed by atoms with Crippen LogP contribution in [-0.4, -0.2) is 41.8 Å². The van der Waals surface area contributed by atoms with Crippen LogP contribution in [0.25, 0.3) is 11.3 Å². The second-order valence-corrected chi connectivity index (χ2v) is 8.24. The molecular formula is C24H27FN6O3. The first-order valence-electron chi connectivity index (χ1n) is 10.9. The van der Waals surface area contributed by atoms with Crippen molar-refractivity contribution in [1.82, 2.24) is 20.4 Å². The number of hydrogen-bond donors (Lipinski definition) is 4. The molecule has 0 radical (unpaired) electrons. The van der Waals surface area contributed by atoms with Gasteiger partial charge in [0.05, 0.1) is 12.7 Å². The number of nitrogens with zero attached hydrogens (tertiary/aromatic N) is 2. The van der Waals surface area contributed by atoms with Gasteiger partial charge in [0.25, 0.3) is 11.8 Å². The fourth-order valence-electron chi connectivity index (χ4n) is 4.09. The van der Waals surface area contributed by atoms with E-state index in [1.54, 1.807) is 28.9 Å². The number of aromatic nitrogens is 2. The number of anilines is 1. The van der Waals surface area contributed by atoms with Gasteiger partial charge >= 0.3 is 0 Å². The quantitative estimate of drug-likeness (QED) is 0.400. The van der Waals surface area contributed by atoms with Gasteiger partial charge in [0, 0.05) is 18.7 Å². The van der Waals surface area contributed by atoms with Gasteiger partial charge in [-0.2, -0.15) is 5.10 Å². The number of benzene rings is 2. The summed E-state index contributed by atoms with van der Waals surface area (Å²) in [5, 5.41) is 10.6. The number of rotatable bonds is 8. The van der Waals surface area contributed by atoms with Gasteiger partial charge < -0.3 is 26.8 Å². The van der Waals surface area contributed by atoms with E-state index in [9.17, 15) is 14.0 Å². The van der Waals surface area contributed by atoms with Gasteiger partial charge in [0.2, 0.25) is 0 Å². The van der Waals surface area contributed by atoms with Crippen molar-refractivity contribution < 1.29 is 18.7 Å². The van der Waals surface area contributed by atoms with Crippen LogP contribution in [0.5, 0.6) is 5.75 Å².